The zero-order valence-electron chi connectivity index (χ0n) is 16.3. The van der Waals surface area contributed by atoms with Gasteiger partial charge in [-0.15, -0.1) is 0 Å². The van der Waals surface area contributed by atoms with Gasteiger partial charge in [0.15, 0.2) is 0 Å². The van der Waals surface area contributed by atoms with Crippen molar-refractivity contribution in [1.82, 2.24) is 9.88 Å². The molecule has 0 radical (unpaired) electrons. The van der Waals surface area contributed by atoms with Crippen molar-refractivity contribution in [2.24, 2.45) is 0 Å². The Morgan fingerprint density at radius 3 is 2.69 bits per heavy atom. The predicted octanol–water partition coefficient (Wildman–Crippen LogP) is 5.41. The highest BCUT2D eigenvalue weighted by Gasteiger charge is 2.15. The van der Waals surface area contributed by atoms with E-state index in [0.717, 1.165) is 42.4 Å². The summed E-state index contributed by atoms with van der Waals surface area (Å²) in [5.74, 6) is 0. The van der Waals surface area contributed by atoms with Gasteiger partial charge in [0.25, 0.3) is 0 Å². The number of carbonyl (C=O) groups is 1. The Morgan fingerprint density at radius 2 is 2.04 bits per heavy atom. The fraction of sp³-hybridized carbons (Fsp3) is 0.348. The zero-order valence-corrected chi connectivity index (χ0v) is 16.3. The Morgan fingerprint density at radius 1 is 1.23 bits per heavy atom. The van der Waals surface area contributed by atoms with Crippen LogP contribution < -0.4 is 5.32 Å². The molecule has 26 heavy (non-hydrogen) atoms. The Bertz CT molecular complexity index is 824. The number of nitrogens with zero attached hydrogens (tertiary/aromatic N) is 1. The maximum atomic E-state index is 11.7. The van der Waals surface area contributed by atoms with Crippen molar-refractivity contribution < 1.29 is 4.79 Å². The van der Waals surface area contributed by atoms with Gasteiger partial charge >= 0.3 is 0 Å². The average molecular weight is 351 g/mol. The van der Waals surface area contributed by atoms with E-state index in [2.05, 4.69) is 48.7 Å². The van der Waals surface area contributed by atoms with Crippen LogP contribution in [0.1, 0.15) is 50.4 Å². The first kappa shape index (κ1) is 19.8. The van der Waals surface area contributed by atoms with Crippen molar-refractivity contribution >= 4 is 23.4 Å². The van der Waals surface area contributed by atoms with E-state index < -0.39 is 0 Å². The highest BCUT2D eigenvalue weighted by molar-refractivity contribution is 5.96. The van der Waals surface area contributed by atoms with Crippen LogP contribution in [0.4, 0.5) is 0 Å². The third-order valence-electron chi connectivity index (χ3n) is 4.61. The standard InChI is InChI=1S/C21H24N2O.C2H6/c1-3-4-10-19-16(2)23(15-24)21-17(8-7-11-20(19)21)12-13-18-9-5-6-14-22-18;1-2/h5-9,11-15,18,22H,3-4,10H2,1-2H3;1-2H3/b13-12+;. The number of rotatable bonds is 6. The first-order valence-corrected chi connectivity index (χ1v) is 9.61. The monoisotopic (exact) mass is 350 g/mol. The van der Waals surface area contributed by atoms with Crippen LogP contribution in [0.15, 0.2) is 48.7 Å². The first-order chi connectivity index (χ1) is 12.8. The van der Waals surface area contributed by atoms with Crippen LogP contribution in [0.2, 0.25) is 0 Å². The number of carbonyl (C=O) groups excluding carboxylic acids is 1. The molecule has 2 aromatic rings. The molecule has 0 spiro atoms. The fourth-order valence-corrected chi connectivity index (χ4v) is 3.31. The van der Waals surface area contributed by atoms with Crippen LogP contribution in [0, 0.1) is 6.92 Å². The third-order valence-corrected chi connectivity index (χ3v) is 4.61. The van der Waals surface area contributed by atoms with Crippen molar-refractivity contribution in [2.75, 3.05) is 0 Å². The van der Waals surface area contributed by atoms with Gasteiger partial charge in [0.05, 0.1) is 11.6 Å². The Balaban J connectivity index is 0.00000117. The number of nitrogens with one attached hydrogen (secondary N) is 1. The predicted molar refractivity (Wildman–Crippen MR) is 113 cm³/mol. The molecule has 0 amide bonds. The minimum absolute atomic E-state index is 0.186. The minimum Gasteiger partial charge on any atom is -0.381 e. The van der Waals surface area contributed by atoms with E-state index in [0.29, 0.717) is 0 Å². The molecule has 1 atom stereocenters. The van der Waals surface area contributed by atoms with Gasteiger partial charge < -0.3 is 5.32 Å². The number of dihydropyridines is 1. The number of aromatic nitrogens is 1. The lowest BCUT2D eigenvalue weighted by atomic mass is 10.0. The number of hydrogen-bond donors (Lipinski definition) is 1. The summed E-state index contributed by atoms with van der Waals surface area (Å²) < 4.78 is 1.80. The van der Waals surface area contributed by atoms with Crippen molar-refractivity contribution in [3.8, 4) is 0 Å². The Kier molecular flexibility index (Phi) is 7.46. The molecule has 3 rings (SSSR count). The largest absolute Gasteiger partial charge is 0.381 e. The number of fused-ring (bicyclic) bond motifs is 1. The summed E-state index contributed by atoms with van der Waals surface area (Å²) in [6.07, 6.45) is 16.5. The summed E-state index contributed by atoms with van der Waals surface area (Å²) in [4.78, 5) is 11.7. The highest BCUT2D eigenvalue weighted by atomic mass is 16.1. The van der Waals surface area contributed by atoms with Crippen molar-refractivity contribution in [3.63, 3.8) is 0 Å². The molecule has 1 aliphatic rings. The van der Waals surface area contributed by atoms with Crippen LogP contribution in [0.5, 0.6) is 0 Å². The molecule has 1 N–H and O–H groups in total. The highest BCUT2D eigenvalue weighted by Crippen LogP contribution is 2.29. The number of benzene rings is 1. The lowest BCUT2D eigenvalue weighted by Gasteiger charge is -2.11. The minimum atomic E-state index is 0.186. The molecule has 1 aromatic carbocycles. The van der Waals surface area contributed by atoms with Gasteiger partial charge in [-0.2, -0.15) is 0 Å². The first-order valence-electron chi connectivity index (χ1n) is 9.61. The molecule has 0 fully saturated rings. The van der Waals surface area contributed by atoms with Gasteiger partial charge in [-0.3, -0.25) is 9.36 Å². The summed E-state index contributed by atoms with van der Waals surface area (Å²) in [5.41, 5.74) is 4.46. The molecule has 1 aromatic heterocycles. The van der Waals surface area contributed by atoms with Crippen molar-refractivity contribution in [2.45, 2.75) is 53.0 Å². The van der Waals surface area contributed by atoms with Crippen molar-refractivity contribution in [1.29, 1.82) is 0 Å². The second kappa shape index (κ2) is 9.81. The topological polar surface area (TPSA) is 34.0 Å². The van der Waals surface area contributed by atoms with E-state index in [1.807, 2.05) is 39.1 Å². The maximum absolute atomic E-state index is 11.7. The molecule has 0 saturated carbocycles. The van der Waals surface area contributed by atoms with E-state index >= 15 is 0 Å². The second-order valence-corrected chi connectivity index (χ2v) is 6.18. The molecule has 0 aliphatic carbocycles. The SMILES string of the molecule is CC.CCCCc1c(C)n(C=O)c2c(/C=C/C3C=CC=CN3)cccc12. The molecular weight excluding hydrogens is 320 g/mol. The normalized spacial score (nSPS) is 15.8. The number of unbranched alkanes of at least 4 members (excludes halogenated alkanes) is 1. The van der Waals surface area contributed by atoms with Gasteiger partial charge in [0.1, 0.15) is 0 Å². The Hall–Kier alpha value is -2.55. The smallest absolute Gasteiger partial charge is 0.218 e. The number of hydrogen-bond acceptors (Lipinski definition) is 2. The summed E-state index contributed by atoms with van der Waals surface area (Å²) in [7, 11) is 0. The summed E-state index contributed by atoms with van der Waals surface area (Å²) >= 11 is 0. The van der Waals surface area contributed by atoms with Crippen LogP contribution in [0.25, 0.3) is 17.0 Å². The van der Waals surface area contributed by atoms with Gasteiger partial charge in [-0.1, -0.05) is 69.7 Å². The van der Waals surface area contributed by atoms with Gasteiger partial charge in [0.2, 0.25) is 6.41 Å². The zero-order chi connectivity index (χ0) is 18.9. The third kappa shape index (κ3) is 4.16. The number of allylic oxidation sites excluding steroid dienone is 2. The average Bonchev–Trinajstić information content (AvgIpc) is 2.98. The Labute approximate surface area is 157 Å². The van der Waals surface area contributed by atoms with Gasteiger partial charge in [0, 0.05) is 11.1 Å². The molecule has 2 heterocycles. The lowest BCUT2D eigenvalue weighted by molar-refractivity contribution is 0.547. The molecule has 3 heteroatoms. The maximum Gasteiger partial charge on any atom is 0.218 e. The summed E-state index contributed by atoms with van der Waals surface area (Å²) in [6, 6.07) is 6.47. The van der Waals surface area contributed by atoms with Crippen molar-refractivity contribution in [3.05, 3.63) is 65.5 Å². The molecule has 0 saturated heterocycles. The van der Waals surface area contributed by atoms with Crippen LogP contribution in [-0.2, 0) is 11.2 Å². The molecule has 1 aliphatic heterocycles. The van der Waals surface area contributed by atoms with Crippen LogP contribution >= 0.6 is 0 Å². The molecule has 1 unspecified atom stereocenters. The fourth-order valence-electron chi connectivity index (χ4n) is 3.31. The van der Waals surface area contributed by atoms with Crippen LogP contribution in [0.3, 0.4) is 0 Å². The molecule has 0 bridgehead atoms. The van der Waals surface area contributed by atoms with Gasteiger partial charge in [-0.05, 0) is 43.2 Å². The second-order valence-electron chi connectivity index (χ2n) is 6.18. The summed E-state index contributed by atoms with van der Waals surface area (Å²) in [5, 5.41) is 4.48. The van der Waals surface area contributed by atoms with E-state index in [4.69, 9.17) is 0 Å². The summed E-state index contributed by atoms with van der Waals surface area (Å²) in [6.45, 7) is 8.24. The van der Waals surface area contributed by atoms with Crippen LogP contribution in [-0.4, -0.2) is 17.0 Å². The quantitative estimate of drug-likeness (QED) is 0.707. The van der Waals surface area contributed by atoms with Gasteiger partial charge in [-0.25, -0.2) is 0 Å². The molecule has 3 nitrogen and oxygen atoms in total. The van der Waals surface area contributed by atoms with E-state index in [1.165, 1.54) is 10.9 Å². The number of aryl methyl sites for hydroxylation is 1. The molecular formula is C23H30N2O. The molecule has 138 valence electrons. The lowest BCUT2D eigenvalue weighted by Crippen LogP contribution is -2.20. The van der Waals surface area contributed by atoms with E-state index in [1.54, 1.807) is 4.57 Å². The van der Waals surface area contributed by atoms with E-state index in [9.17, 15) is 4.79 Å². The van der Waals surface area contributed by atoms with E-state index in [-0.39, 0.29) is 6.04 Å². The number of para-hydroxylation sites is 1.